The fourth-order valence-corrected chi connectivity index (χ4v) is 11.9. The Morgan fingerprint density at radius 1 is 0.212 bits per heavy atom. The highest BCUT2D eigenvalue weighted by Gasteiger charge is 2.16. The highest BCUT2D eigenvalue weighted by atomic mass is 32.1. The van der Waals surface area contributed by atoms with Crippen molar-refractivity contribution >= 4 is 86.4 Å². The number of nitrogens with zero attached hydrogens (tertiary/aromatic N) is 2. The predicted molar refractivity (Wildman–Crippen MR) is 286 cm³/mol. The topological polar surface area (TPSA) is 6.48 Å². The first-order chi connectivity index (χ1) is 32.7. The molecule has 0 fully saturated rings. The first-order valence-corrected chi connectivity index (χ1v) is 23.9. The molecule has 12 rings (SSSR count). The van der Waals surface area contributed by atoms with Crippen LogP contribution in [0, 0.1) is 0 Å². The number of hydrogen-bond acceptors (Lipinski definition) is 4. The van der Waals surface area contributed by atoms with Gasteiger partial charge in [0.15, 0.2) is 0 Å². The third kappa shape index (κ3) is 7.52. The summed E-state index contributed by atoms with van der Waals surface area (Å²) in [7, 11) is 0. The molecule has 0 N–H and O–H groups in total. The molecule has 10 aromatic carbocycles. The summed E-state index contributed by atoms with van der Waals surface area (Å²) in [5, 5.41) is 2.67. The third-order valence-corrected chi connectivity index (χ3v) is 15.0. The van der Waals surface area contributed by atoms with Gasteiger partial charge in [0.1, 0.15) is 0 Å². The smallest absolute Gasteiger partial charge is 0.0542 e. The van der Waals surface area contributed by atoms with Crippen LogP contribution in [0.4, 0.5) is 34.1 Å². The highest BCUT2D eigenvalue weighted by Crippen LogP contribution is 2.46. The largest absolute Gasteiger partial charge is 0.311 e. The molecule has 0 spiro atoms. The van der Waals surface area contributed by atoms with Crippen molar-refractivity contribution in [3.8, 4) is 44.5 Å². The summed E-state index contributed by atoms with van der Waals surface area (Å²) in [6.45, 7) is 0. The lowest BCUT2D eigenvalue weighted by atomic mass is 9.99. The summed E-state index contributed by atoms with van der Waals surface area (Å²) in [4.78, 5) is 4.59. The van der Waals surface area contributed by atoms with Crippen molar-refractivity contribution in [2.75, 3.05) is 9.80 Å². The van der Waals surface area contributed by atoms with Gasteiger partial charge in [-0.05, 0) is 129 Å². The van der Waals surface area contributed by atoms with Gasteiger partial charge in [-0.3, -0.25) is 0 Å². The van der Waals surface area contributed by atoms with E-state index in [9.17, 15) is 0 Å². The molecule has 0 saturated carbocycles. The van der Waals surface area contributed by atoms with Crippen LogP contribution in [0.2, 0.25) is 0 Å². The minimum Gasteiger partial charge on any atom is -0.311 e. The molecule has 2 nitrogen and oxygen atoms in total. The molecular formula is C62H42N2S2. The molecule has 0 radical (unpaired) electrons. The maximum atomic E-state index is 2.37. The van der Waals surface area contributed by atoms with Gasteiger partial charge in [-0.15, -0.1) is 22.7 Å². The monoisotopic (exact) mass is 878 g/mol. The van der Waals surface area contributed by atoms with Crippen molar-refractivity contribution in [3.05, 3.63) is 255 Å². The molecule has 0 saturated heterocycles. The van der Waals surface area contributed by atoms with Crippen LogP contribution in [0.15, 0.2) is 255 Å². The van der Waals surface area contributed by atoms with Gasteiger partial charge in [0, 0.05) is 54.3 Å². The maximum absolute atomic E-state index is 2.37. The molecule has 0 amide bonds. The Morgan fingerprint density at radius 2 is 0.439 bits per heavy atom. The van der Waals surface area contributed by atoms with Gasteiger partial charge < -0.3 is 9.80 Å². The SMILES string of the molecule is c1ccc(N(c2ccccc2)c2ccc(-c3ccc(-c4ccc5c(c4)sc4c6ccc(-c7ccc(-c8ccc(N(c9ccccc9)c9ccccc9)cc8)cc7)cc6sc54)cc3)cc2)cc1. The van der Waals surface area contributed by atoms with E-state index in [1.165, 1.54) is 74.1 Å². The summed E-state index contributed by atoms with van der Waals surface area (Å²) >= 11 is 3.82. The molecule has 0 aliphatic carbocycles. The van der Waals surface area contributed by atoms with E-state index in [4.69, 9.17) is 0 Å². The van der Waals surface area contributed by atoms with Crippen molar-refractivity contribution in [1.29, 1.82) is 0 Å². The van der Waals surface area contributed by atoms with Crippen molar-refractivity contribution in [3.63, 3.8) is 0 Å². The van der Waals surface area contributed by atoms with Gasteiger partial charge in [-0.1, -0.05) is 170 Å². The number of anilines is 6. The van der Waals surface area contributed by atoms with Crippen LogP contribution >= 0.6 is 22.7 Å². The zero-order chi connectivity index (χ0) is 43.8. The number of hydrogen-bond donors (Lipinski definition) is 0. The summed E-state index contributed by atoms with van der Waals surface area (Å²) in [6.07, 6.45) is 0. The molecule has 0 bridgehead atoms. The molecule has 0 aliphatic rings. The van der Waals surface area contributed by atoms with E-state index in [0.29, 0.717) is 0 Å². The van der Waals surface area contributed by atoms with Crippen LogP contribution in [-0.4, -0.2) is 0 Å². The van der Waals surface area contributed by atoms with Gasteiger partial charge in [-0.25, -0.2) is 0 Å². The van der Waals surface area contributed by atoms with Crippen LogP contribution in [0.25, 0.3) is 74.1 Å². The van der Waals surface area contributed by atoms with Crippen molar-refractivity contribution in [2.45, 2.75) is 0 Å². The predicted octanol–water partition coefficient (Wildman–Crippen LogP) is 18.9. The number of para-hydroxylation sites is 4. The minimum absolute atomic E-state index is 1.13. The van der Waals surface area contributed by atoms with Gasteiger partial charge in [-0.2, -0.15) is 0 Å². The van der Waals surface area contributed by atoms with E-state index in [2.05, 4.69) is 265 Å². The lowest BCUT2D eigenvalue weighted by Gasteiger charge is -2.25. The average molecular weight is 879 g/mol. The fourth-order valence-electron chi connectivity index (χ4n) is 9.13. The molecule has 12 aromatic rings. The molecule has 0 unspecified atom stereocenters. The summed E-state index contributed by atoms with van der Waals surface area (Å²) in [5.41, 5.74) is 16.5. The minimum atomic E-state index is 1.13. The average Bonchev–Trinajstić information content (AvgIpc) is 3.94. The Kier molecular flexibility index (Phi) is 10.3. The quantitative estimate of drug-likeness (QED) is 0.135. The fraction of sp³-hybridized carbons (Fsp3) is 0. The summed E-state index contributed by atoms with van der Waals surface area (Å²) in [6, 6.07) is 91.9. The van der Waals surface area contributed by atoms with Crippen molar-refractivity contribution in [1.82, 2.24) is 0 Å². The Hall–Kier alpha value is -8.02. The van der Waals surface area contributed by atoms with Crippen molar-refractivity contribution in [2.24, 2.45) is 0 Å². The molecule has 66 heavy (non-hydrogen) atoms. The maximum Gasteiger partial charge on any atom is 0.0542 e. The van der Waals surface area contributed by atoms with Crippen LogP contribution in [0.3, 0.4) is 0 Å². The van der Waals surface area contributed by atoms with Gasteiger partial charge in [0.25, 0.3) is 0 Å². The Morgan fingerprint density at radius 3 is 0.727 bits per heavy atom. The molecule has 312 valence electrons. The van der Waals surface area contributed by atoms with Crippen molar-refractivity contribution < 1.29 is 0 Å². The number of rotatable bonds is 10. The Labute approximate surface area is 393 Å². The molecule has 0 aliphatic heterocycles. The molecular weight excluding hydrogens is 837 g/mol. The van der Waals surface area contributed by atoms with E-state index in [1.54, 1.807) is 0 Å². The second-order valence-corrected chi connectivity index (χ2v) is 18.7. The van der Waals surface area contributed by atoms with Crippen LogP contribution in [-0.2, 0) is 0 Å². The highest BCUT2D eigenvalue weighted by molar-refractivity contribution is 7.36. The lowest BCUT2D eigenvalue weighted by molar-refractivity contribution is 1.28. The van der Waals surface area contributed by atoms with Gasteiger partial charge >= 0.3 is 0 Å². The standard InChI is InChI=1S/C62H42N2S2/c1-5-13-51(14-6-1)63(52-15-7-2-8-16-52)55-35-29-45(30-36-55)43-21-25-47(26-22-43)49-33-39-57-59(41-49)65-62-58-40-34-50(42-60(58)66-61(57)62)48-27-23-44(24-28-48)46-31-37-56(38-32-46)64(53-17-9-3-10-18-53)54-19-11-4-12-20-54/h1-42H. The molecule has 2 aromatic heterocycles. The van der Waals surface area contributed by atoms with Gasteiger partial charge in [0.05, 0.1) is 9.40 Å². The summed E-state index contributed by atoms with van der Waals surface area (Å²) in [5.74, 6) is 0. The lowest BCUT2D eigenvalue weighted by Crippen LogP contribution is -2.09. The third-order valence-electron chi connectivity index (χ3n) is 12.5. The summed E-state index contributed by atoms with van der Waals surface area (Å²) < 4.78 is 5.42. The van der Waals surface area contributed by atoms with E-state index < -0.39 is 0 Å². The normalized spacial score (nSPS) is 11.3. The van der Waals surface area contributed by atoms with E-state index in [1.807, 2.05) is 22.7 Å². The second-order valence-electron chi connectivity index (χ2n) is 16.5. The zero-order valence-corrected chi connectivity index (χ0v) is 37.6. The van der Waals surface area contributed by atoms with Gasteiger partial charge in [0.2, 0.25) is 0 Å². The van der Waals surface area contributed by atoms with E-state index in [0.717, 1.165) is 34.1 Å². The second kappa shape index (κ2) is 17.2. The van der Waals surface area contributed by atoms with E-state index >= 15 is 0 Å². The Balaban J connectivity index is 0.760. The molecule has 0 atom stereocenters. The van der Waals surface area contributed by atoms with E-state index in [-0.39, 0.29) is 0 Å². The first-order valence-electron chi connectivity index (χ1n) is 22.3. The number of thiophene rings is 2. The molecule has 2 heterocycles. The van der Waals surface area contributed by atoms with Crippen LogP contribution in [0.1, 0.15) is 0 Å². The zero-order valence-electron chi connectivity index (χ0n) is 36.0. The Bertz CT molecular complexity index is 3260. The van der Waals surface area contributed by atoms with Crippen LogP contribution in [0.5, 0.6) is 0 Å². The van der Waals surface area contributed by atoms with Crippen LogP contribution < -0.4 is 9.80 Å². The first kappa shape index (κ1) is 39.6. The number of benzene rings is 10. The number of fused-ring (bicyclic) bond motifs is 5. The molecule has 4 heteroatoms.